The van der Waals surface area contributed by atoms with Gasteiger partial charge in [0.2, 0.25) is 0 Å². The highest BCUT2D eigenvalue weighted by Crippen LogP contribution is 2.44. The van der Waals surface area contributed by atoms with E-state index in [0.717, 1.165) is 42.1 Å². The van der Waals surface area contributed by atoms with Gasteiger partial charge in [-0.2, -0.15) is 0 Å². The molecule has 94 valence electrons. The van der Waals surface area contributed by atoms with Crippen molar-refractivity contribution in [3.05, 3.63) is 17.7 Å². The van der Waals surface area contributed by atoms with Crippen molar-refractivity contribution in [3.8, 4) is 11.5 Å². The van der Waals surface area contributed by atoms with Crippen LogP contribution in [0.25, 0.3) is 0 Å². The summed E-state index contributed by atoms with van der Waals surface area (Å²) in [5.41, 5.74) is 2.14. The minimum absolute atomic E-state index is 0.199. The highest BCUT2D eigenvalue weighted by Gasteiger charge is 2.26. The van der Waals surface area contributed by atoms with Gasteiger partial charge in [0.1, 0.15) is 11.5 Å². The molecule has 4 nitrogen and oxygen atoms in total. The van der Waals surface area contributed by atoms with Gasteiger partial charge in [-0.1, -0.05) is 0 Å². The van der Waals surface area contributed by atoms with Crippen LogP contribution in [0.3, 0.4) is 0 Å². The van der Waals surface area contributed by atoms with Crippen LogP contribution < -0.4 is 14.8 Å². The van der Waals surface area contributed by atoms with E-state index in [2.05, 4.69) is 5.32 Å². The molecule has 17 heavy (non-hydrogen) atoms. The molecule has 0 aliphatic carbocycles. The van der Waals surface area contributed by atoms with E-state index in [1.54, 1.807) is 14.2 Å². The number of hydrogen-bond donors (Lipinski definition) is 2. The van der Waals surface area contributed by atoms with Crippen molar-refractivity contribution in [2.45, 2.75) is 18.8 Å². The van der Waals surface area contributed by atoms with Gasteiger partial charge in [-0.3, -0.25) is 0 Å². The minimum Gasteiger partial charge on any atom is -0.496 e. The molecule has 0 saturated heterocycles. The fourth-order valence-corrected chi connectivity index (χ4v) is 2.48. The molecule has 2 rings (SSSR count). The molecule has 1 heterocycles. The first-order chi connectivity index (χ1) is 8.31. The van der Waals surface area contributed by atoms with Crippen molar-refractivity contribution in [2.24, 2.45) is 0 Å². The molecule has 1 aromatic carbocycles. The maximum absolute atomic E-state index is 9.14. The van der Waals surface area contributed by atoms with Gasteiger partial charge in [0.25, 0.3) is 0 Å². The van der Waals surface area contributed by atoms with Gasteiger partial charge < -0.3 is 19.9 Å². The monoisotopic (exact) mass is 237 g/mol. The second-order valence-corrected chi connectivity index (χ2v) is 4.18. The first-order valence-electron chi connectivity index (χ1n) is 5.91. The third-order valence-electron chi connectivity index (χ3n) is 3.29. The van der Waals surface area contributed by atoms with E-state index >= 15 is 0 Å². The third-order valence-corrected chi connectivity index (χ3v) is 3.29. The fourth-order valence-electron chi connectivity index (χ4n) is 2.48. The molecule has 0 amide bonds. The molecule has 1 unspecified atom stereocenters. The van der Waals surface area contributed by atoms with Crippen molar-refractivity contribution >= 4 is 5.69 Å². The van der Waals surface area contributed by atoms with Gasteiger partial charge >= 0.3 is 0 Å². The lowest BCUT2D eigenvalue weighted by molar-refractivity contribution is 0.270. The summed E-state index contributed by atoms with van der Waals surface area (Å²) < 4.78 is 10.8. The SMILES string of the molecule is COc1ccc(OC)c2c1NCCC2CCO. The third kappa shape index (κ3) is 2.17. The van der Waals surface area contributed by atoms with Crippen molar-refractivity contribution in [1.29, 1.82) is 0 Å². The number of aliphatic hydroxyl groups excluding tert-OH is 1. The Balaban J connectivity index is 2.48. The number of methoxy groups -OCH3 is 2. The van der Waals surface area contributed by atoms with E-state index in [0.29, 0.717) is 5.92 Å². The van der Waals surface area contributed by atoms with E-state index in [4.69, 9.17) is 14.6 Å². The molecule has 0 bridgehead atoms. The Labute approximate surface area is 102 Å². The van der Waals surface area contributed by atoms with Crippen LogP contribution in [0, 0.1) is 0 Å². The number of fused-ring (bicyclic) bond motifs is 1. The first kappa shape index (κ1) is 12.0. The quantitative estimate of drug-likeness (QED) is 0.840. The highest BCUT2D eigenvalue weighted by molar-refractivity contribution is 5.69. The van der Waals surface area contributed by atoms with Gasteiger partial charge in [0.05, 0.1) is 19.9 Å². The van der Waals surface area contributed by atoms with Crippen molar-refractivity contribution < 1.29 is 14.6 Å². The normalized spacial score (nSPS) is 18.2. The van der Waals surface area contributed by atoms with E-state index in [1.807, 2.05) is 12.1 Å². The fraction of sp³-hybridized carbons (Fsp3) is 0.538. The van der Waals surface area contributed by atoms with Crippen molar-refractivity contribution in [3.63, 3.8) is 0 Å². The molecule has 1 aliphatic heterocycles. The number of aliphatic hydroxyl groups is 1. The second-order valence-electron chi connectivity index (χ2n) is 4.18. The van der Waals surface area contributed by atoms with Crippen LogP contribution in [0.1, 0.15) is 24.3 Å². The molecule has 0 fully saturated rings. The Hall–Kier alpha value is -1.42. The van der Waals surface area contributed by atoms with Gasteiger partial charge in [0.15, 0.2) is 0 Å². The van der Waals surface area contributed by atoms with E-state index in [-0.39, 0.29) is 6.61 Å². The van der Waals surface area contributed by atoms with Gasteiger partial charge in [-0.05, 0) is 30.9 Å². The number of rotatable bonds is 4. The maximum Gasteiger partial charge on any atom is 0.142 e. The second kappa shape index (κ2) is 5.27. The van der Waals surface area contributed by atoms with Crippen molar-refractivity contribution in [1.82, 2.24) is 0 Å². The summed E-state index contributed by atoms with van der Waals surface area (Å²) in [6.07, 6.45) is 1.77. The molecule has 1 atom stereocenters. The van der Waals surface area contributed by atoms with Gasteiger partial charge in [-0.25, -0.2) is 0 Å². The van der Waals surface area contributed by atoms with Crippen LogP contribution in [0.15, 0.2) is 12.1 Å². The highest BCUT2D eigenvalue weighted by atomic mass is 16.5. The zero-order valence-electron chi connectivity index (χ0n) is 10.3. The van der Waals surface area contributed by atoms with E-state index < -0.39 is 0 Å². The van der Waals surface area contributed by atoms with Gasteiger partial charge in [0, 0.05) is 18.7 Å². The predicted molar refractivity (Wildman–Crippen MR) is 67.1 cm³/mol. The topological polar surface area (TPSA) is 50.7 Å². The molecule has 1 aromatic rings. The number of benzene rings is 1. The lowest BCUT2D eigenvalue weighted by atomic mass is 9.87. The summed E-state index contributed by atoms with van der Waals surface area (Å²) in [6, 6.07) is 3.83. The number of nitrogens with one attached hydrogen (secondary N) is 1. The number of hydrogen-bond acceptors (Lipinski definition) is 4. The summed E-state index contributed by atoms with van der Waals surface area (Å²) in [5, 5.41) is 12.5. The number of ether oxygens (including phenoxy) is 2. The van der Waals surface area contributed by atoms with Gasteiger partial charge in [-0.15, -0.1) is 0 Å². The molecule has 0 spiro atoms. The molecule has 0 saturated carbocycles. The first-order valence-corrected chi connectivity index (χ1v) is 5.91. The van der Waals surface area contributed by atoms with E-state index in [1.165, 1.54) is 0 Å². The number of anilines is 1. The molecule has 1 aliphatic rings. The van der Waals surface area contributed by atoms with Crippen LogP contribution in [-0.4, -0.2) is 32.5 Å². The molecule has 0 radical (unpaired) electrons. The average molecular weight is 237 g/mol. The smallest absolute Gasteiger partial charge is 0.142 e. The Morgan fingerprint density at radius 1 is 1.29 bits per heavy atom. The summed E-state index contributed by atoms with van der Waals surface area (Å²) in [4.78, 5) is 0. The van der Waals surface area contributed by atoms with Crippen LogP contribution in [-0.2, 0) is 0 Å². The van der Waals surface area contributed by atoms with Crippen molar-refractivity contribution in [2.75, 3.05) is 32.7 Å². The minimum atomic E-state index is 0.199. The summed E-state index contributed by atoms with van der Waals surface area (Å²) in [6.45, 7) is 1.10. The Morgan fingerprint density at radius 3 is 2.65 bits per heavy atom. The van der Waals surface area contributed by atoms with Crippen LogP contribution in [0.4, 0.5) is 5.69 Å². The zero-order chi connectivity index (χ0) is 12.3. The Kier molecular flexibility index (Phi) is 3.74. The van der Waals surface area contributed by atoms with Crippen LogP contribution in [0.2, 0.25) is 0 Å². The molecule has 2 N–H and O–H groups in total. The largest absolute Gasteiger partial charge is 0.496 e. The molecular weight excluding hydrogens is 218 g/mol. The molecule has 0 aromatic heterocycles. The standard InChI is InChI=1S/C13H19NO3/c1-16-10-3-4-11(17-2)13-12(10)9(6-8-15)5-7-14-13/h3-4,9,14-15H,5-8H2,1-2H3. The van der Waals surface area contributed by atoms with E-state index in [9.17, 15) is 0 Å². The molecule has 4 heteroatoms. The van der Waals surface area contributed by atoms with Crippen LogP contribution in [0.5, 0.6) is 11.5 Å². The summed E-state index contributed by atoms with van der Waals surface area (Å²) >= 11 is 0. The maximum atomic E-state index is 9.14. The average Bonchev–Trinajstić information content (AvgIpc) is 2.38. The van der Waals surface area contributed by atoms with Crippen LogP contribution >= 0.6 is 0 Å². The summed E-state index contributed by atoms with van der Waals surface area (Å²) in [7, 11) is 3.34. The predicted octanol–water partition coefficient (Wildman–Crippen LogP) is 1.99. The lowest BCUT2D eigenvalue weighted by Gasteiger charge is -2.29. The Morgan fingerprint density at radius 2 is 2.00 bits per heavy atom. The lowest BCUT2D eigenvalue weighted by Crippen LogP contribution is -2.19. The zero-order valence-corrected chi connectivity index (χ0v) is 10.3. The summed E-state index contributed by atoms with van der Waals surface area (Å²) in [5.74, 6) is 2.04. The Bertz CT molecular complexity index is 392. The molecular formula is C13H19NO3.